The van der Waals surface area contributed by atoms with Crippen LogP contribution in [-0.2, 0) is 27.2 Å². The van der Waals surface area contributed by atoms with Crippen molar-refractivity contribution in [2.24, 2.45) is 5.41 Å². The zero-order chi connectivity index (χ0) is 28.3. The molecule has 1 amide bonds. The summed E-state index contributed by atoms with van der Waals surface area (Å²) in [5.41, 5.74) is 1.17. The number of hydrogen-bond acceptors (Lipinski definition) is 8. The van der Waals surface area contributed by atoms with E-state index in [0.717, 1.165) is 0 Å². The van der Waals surface area contributed by atoms with E-state index in [1.807, 2.05) is 19.9 Å². The van der Waals surface area contributed by atoms with Crippen molar-refractivity contribution in [3.63, 3.8) is 0 Å². The molecule has 1 aliphatic rings. The number of amides is 1. The van der Waals surface area contributed by atoms with Crippen LogP contribution in [0.4, 0.5) is 5.69 Å². The number of benzene rings is 2. The summed E-state index contributed by atoms with van der Waals surface area (Å²) in [6.45, 7) is 3.74. The number of anilines is 1. The van der Waals surface area contributed by atoms with Crippen molar-refractivity contribution >= 4 is 66.9 Å². The third-order valence-corrected chi connectivity index (χ3v) is 6.66. The molecule has 12 heteroatoms. The fourth-order valence-electron chi connectivity index (χ4n) is 4.54. The van der Waals surface area contributed by atoms with E-state index in [-0.39, 0.29) is 81.3 Å². The SMILES string of the molecule is COc1cccc([C@H]2O[C@H](Cc3ncc(CC(=O)O)o3)C(=O)N(CC(C)(C)CO)c3ccc(Cl)cc32)c1OC.[CaH2]. The van der Waals surface area contributed by atoms with Crippen LogP contribution in [0.15, 0.2) is 47.0 Å². The van der Waals surface area contributed by atoms with Gasteiger partial charge in [0.05, 0.1) is 26.8 Å². The van der Waals surface area contributed by atoms with E-state index >= 15 is 0 Å². The number of rotatable bonds is 10. The zero-order valence-corrected chi connectivity index (χ0v) is 22.9. The zero-order valence-electron chi connectivity index (χ0n) is 22.1. The minimum atomic E-state index is -1.08. The first-order chi connectivity index (χ1) is 18.6. The van der Waals surface area contributed by atoms with E-state index in [2.05, 4.69) is 4.98 Å². The van der Waals surface area contributed by atoms with Gasteiger partial charge in [-0.15, -0.1) is 0 Å². The van der Waals surface area contributed by atoms with Gasteiger partial charge in [-0.2, -0.15) is 0 Å². The molecular weight excluding hydrogens is 568 g/mol. The van der Waals surface area contributed by atoms with Crippen LogP contribution in [0.1, 0.15) is 42.7 Å². The summed E-state index contributed by atoms with van der Waals surface area (Å²) in [5.74, 6) is -0.189. The molecule has 0 saturated carbocycles. The number of methoxy groups -OCH3 is 2. The molecule has 0 radical (unpaired) electrons. The third kappa shape index (κ3) is 7.10. The van der Waals surface area contributed by atoms with Gasteiger partial charge in [0.25, 0.3) is 5.91 Å². The fraction of sp³-hybridized carbons (Fsp3) is 0.393. The first kappa shape index (κ1) is 32.2. The number of carboxylic acid groups (broad SMARTS) is 1. The molecule has 0 saturated heterocycles. The van der Waals surface area contributed by atoms with Crippen LogP contribution < -0.4 is 14.4 Å². The molecule has 4 rings (SSSR count). The topological polar surface area (TPSA) is 132 Å². The summed E-state index contributed by atoms with van der Waals surface area (Å²) in [7, 11) is 3.05. The molecule has 1 aromatic heterocycles. The molecule has 0 fully saturated rings. The molecule has 2 heterocycles. The monoisotopic (exact) mass is 600 g/mol. The number of carboxylic acids is 1. The van der Waals surface area contributed by atoms with Crippen LogP contribution in [-0.4, -0.2) is 98.3 Å². The van der Waals surface area contributed by atoms with Crippen LogP contribution in [0.25, 0.3) is 0 Å². The molecule has 10 nitrogen and oxygen atoms in total. The summed E-state index contributed by atoms with van der Waals surface area (Å²) in [4.78, 5) is 31.0. The Bertz CT molecular complexity index is 1360. The van der Waals surface area contributed by atoms with E-state index in [1.54, 1.807) is 35.2 Å². The molecule has 40 heavy (non-hydrogen) atoms. The summed E-state index contributed by atoms with van der Waals surface area (Å²) in [6, 6.07) is 10.6. The Morgan fingerprint density at radius 1 is 1.18 bits per heavy atom. The van der Waals surface area contributed by atoms with Gasteiger partial charge in [0.15, 0.2) is 17.4 Å². The third-order valence-electron chi connectivity index (χ3n) is 6.42. The second-order valence-electron chi connectivity index (χ2n) is 10.0. The first-order valence-electron chi connectivity index (χ1n) is 12.3. The van der Waals surface area contributed by atoms with Crippen molar-refractivity contribution in [3.8, 4) is 11.5 Å². The van der Waals surface area contributed by atoms with Gasteiger partial charge < -0.3 is 33.7 Å². The average molecular weight is 601 g/mol. The number of nitrogens with zero attached hydrogens (tertiary/aromatic N) is 2. The van der Waals surface area contributed by atoms with E-state index in [0.29, 0.717) is 33.3 Å². The molecule has 0 aliphatic carbocycles. The maximum absolute atomic E-state index is 14.1. The van der Waals surface area contributed by atoms with Gasteiger partial charge in [0, 0.05) is 40.4 Å². The molecule has 1 aliphatic heterocycles. The standard InChI is InChI=1S/C28H31ClN2O8.Ca.2H/c1-28(2,15-32)14-31-20-9-8-16(29)10-19(20)25(18-6-5-7-21(36-3)26(18)37-4)39-22(27(31)35)12-23-30-13-17(38-23)11-24(33)34;;;/h5-10,13,22,25,32H,11-12,14-15H2,1-4H3,(H,33,34);;;/t22-,25-;;;/m1.../s1. The van der Waals surface area contributed by atoms with Crippen LogP contribution in [0, 0.1) is 5.41 Å². The van der Waals surface area contributed by atoms with Crippen LogP contribution >= 0.6 is 11.6 Å². The molecule has 2 N–H and O–H groups in total. The number of para-hydroxylation sites is 1. The minimum absolute atomic E-state index is 0. The molecule has 0 spiro atoms. The van der Waals surface area contributed by atoms with Crippen LogP contribution in [0.2, 0.25) is 5.02 Å². The van der Waals surface area contributed by atoms with Gasteiger partial charge in [-0.05, 0) is 24.3 Å². The molecule has 3 aromatic rings. The number of hydrogen-bond donors (Lipinski definition) is 2. The van der Waals surface area contributed by atoms with Crippen molar-refractivity contribution in [2.45, 2.75) is 38.9 Å². The Hall–Kier alpha value is -2.34. The van der Waals surface area contributed by atoms with Crippen molar-refractivity contribution in [1.82, 2.24) is 4.98 Å². The van der Waals surface area contributed by atoms with Crippen molar-refractivity contribution in [1.29, 1.82) is 0 Å². The number of aliphatic hydroxyl groups excluding tert-OH is 1. The molecule has 2 aromatic carbocycles. The summed E-state index contributed by atoms with van der Waals surface area (Å²) in [5, 5.41) is 19.6. The van der Waals surface area contributed by atoms with Gasteiger partial charge in [-0.25, -0.2) is 4.98 Å². The summed E-state index contributed by atoms with van der Waals surface area (Å²) in [6.07, 6.45) is -0.958. The van der Waals surface area contributed by atoms with Gasteiger partial charge >= 0.3 is 43.7 Å². The van der Waals surface area contributed by atoms with E-state index in [4.69, 9.17) is 35.3 Å². The summed E-state index contributed by atoms with van der Waals surface area (Å²) >= 11 is 6.44. The Kier molecular flexibility index (Phi) is 10.9. The number of aliphatic hydroxyl groups is 1. The number of carbonyl (C=O) groups excluding carboxylic acids is 1. The fourth-order valence-corrected chi connectivity index (χ4v) is 4.72. The predicted octanol–water partition coefficient (Wildman–Crippen LogP) is 3.14. The number of carbonyl (C=O) groups is 2. The number of halogens is 1. The van der Waals surface area contributed by atoms with Crippen molar-refractivity contribution in [3.05, 3.63) is 70.4 Å². The Morgan fingerprint density at radius 2 is 1.93 bits per heavy atom. The number of fused-ring (bicyclic) bond motifs is 1. The molecule has 212 valence electrons. The van der Waals surface area contributed by atoms with Gasteiger partial charge in [0.1, 0.15) is 24.4 Å². The quantitative estimate of drug-likeness (QED) is 0.337. The Morgan fingerprint density at radius 3 is 2.58 bits per heavy atom. The van der Waals surface area contributed by atoms with Gasteiger partial charge in [-0.1, -0.05) is 37.6 Å². The van der Waals surface area contributed by atoms with E-state index in [1.165, 1.54) is 20.4 Å². The maximum atomic E-state index is 14.1. The molecule has 0 bridgehead atoms. The first-order valence-corrected chi connectivity index (χ1v) is 12.7. The Labute approximate surface area is 267 Å². The number of oxazole rings is 1. The van der Waals surface area contributed by atoms with E-state index in [9.17, 15) is 14.7 Å². The molecule has 2 atom stereocenters. The number of aliphatic carboxylic acids is 1. The average Bonchev–Trinajstić information content (AvgIpc) is 3.30. The van der Waals surface area contributed by atoms with Crippen LogP contribution in [0.5, 0.6) is 11.5 Å². The summed E-state index contributed by atoms with van der Waals surface area (Å²) < 4.78 is 23.4. The normalized spacial score (nSPS) is 17.1. The molecule has 0 unspecified atom stereocenters. The number of ether oxygens (including phenoxy) is 3. The Balaban J connectivity index is 0.00000441. The van der Waals surface area contributed by atoms with Crippen LogP contribution in [0.3, 0.4) is 0 Å². The molecular formula is C28H33CaClN2O8. The van der Waals surface area contributed by atoms with Crippen molar-refractivity contribution < 1.29 is 38.4 Å². The number of aromatic nitrogens is 1. The second-order valence-corrected chi connectivity index (χ2v) is 10.5. The van der Waals surface area contributed by atoms with Crippen molar-refractivity contribution in [2.75, 3.05) is 32.3 Å². The van der Waals surface area contributed by atoms with Gasteiger partial charge in [0.2, 0.25) is 0 Å². The predicted molar refractivity (Wildman–Crippen MR) is 151 cm³/mol. The van der Waals surface area contributed by atoms with E-state index < -0.39 is 23.6 Å². The van der Waals surface area contributed by atoms with Gasteiger partial charge in [-0.3, -0.25) is 9.59 Å². The second kappa shape index (κ2) is 13.5.